The Labute approximate surface area is 146 Å². The highest BCUT2D eigenvalue weighted by Gasteiger charge is 2.47. The van der Waals surface area contributed by atoms with Gasteiger partial charge >= 0.3 is 0 Å². The zero-order valence-corrected chi connectivity index (χ0v) is 13.4. The molecule has 2 amide bonds. The molecule has 0 saturated carbocycles. The zero-order valence-electron chi connectivity index (χ0n) is 13.4. The van der Waals surface area contributed by atoms with Crippen LogP contribution in [-0.4, -0.2) is 46.8 Å². The van der Waals surface area contributed by atoms with Crippen molar-refractivity contribution in [2.45, 2.75) is 18.4 Å². The third-order valence-electron chi connectivity index (χ3n) is 4.22. The number of para-hydroxylation sites is 1. The molecule has 1 atom stereocenters. The van der Waals surface area contributed by atoms with E-state index in [1.54, 1.807) is 24.3 Å². The van der Waals surface area contributed by atoms with Crippen molar-refractivity contribution >= 4 is 22.7 Å². The van der Waals surface area contributed by atoms with Gasteiger partial charge in [-0.25, -0.2) is 8.78 Å². The summed E-state index contributed by atoms with van der Waals surface area (Å²) < 4.78 is 26.8. The highest BCUT2D eigenvalue weighted by atomic mass is 19.3. The molecule has 1 aromatic carbocycles. The lowest BCUT2D eigenvalue weighted by atomic mass is 10.1. The maximum Gasteiger partial charge on any atom is 0.268 e. The Kier molecular flexibility index (Phi) is 4.31. The van der Waals surface area contributed by atoms with Crippen molar-refractivity contribution in [3.63, 3.8) is 0 Å². The SMILES string of the molecule is N#Cc1cccc2c(C(=O)NCC(=O)N3CC(F)(F)C[C@H]3C#N)c[nH]c12. The molecule has 26 heavy (non-hydrogen) atoms. The summed E-state index contributed by atoms with van der Waals surface area (Å²) in [6.07, 6.45) is 0.704. The summed E-state index contributed by atoms with van der Waals surface area (Å²) in [7, 11) is 0. The first-order valence-electron chi connectivity index (χ1n) is 7.71. The number of halogens is 2. The molecule has 2 aromatic rings. The Morgan fingerprint density at radius 2 is 2.15 bits per heavy atom. The molecule has 0 aliphatic carbocycles. The lowest BCUT2D eigenvalue weighted by Crippen LogP contribution is -2.42. The van der Waals surface area contributed by atoms with Gasteiger partial charge in [-0.3, -0.25) is 9.59 Å². The minimum absolute atomic E-state index is 0.230. The topological polar surface area (TPSA) is 113 Å². The van der Waals surface area contributed by atoms with Crippen LogP contribution in [0.4, 0.5) is 8.78 Å². The summed E-state index contributed by atoms with van der Waals surface area (Å²) in [5.41, 5.74) is 1.09. The molecule has 0 bridgehead atoms. The van der Waals surface area contributed by atoms with Crippen LogP contribution in [0, 0.1) is 22.7 Å². The van der Waals surface area contributed by atoms with Crippen molar-refractivity contribution in [3.8, 4) is 12.1 Å². The Balaban J connectivity index is 1.71. The molecule has 7 nitrogen and oxygen atoms in total. The van der Waals surface area contributed by atoms with Crippen LogP contribution in [0.25, 0.3) is 10.9 Å². The van der Waals surface area contributed by atoms with Crippen molar-refractivity contribution in [2.24, 2.45) is 0 Å². The lowest BCUT2D eigenvalue weighted by Gasteiger charge is -2.19. The molecule has 9 heteroatoms. The predicted octanol–water partition coefficient (Wildman–Crippen LogP) is 1.53. The summed E-state index contributed by atoms with van der Waals surface area (Å²) in [5, 5.41) is 20.9. The third-order valence-corrected chi connectivity index (χ3v) is 4.22. The number of nitrogens with one attached hydrogen (secondary N) is 2. The maximum absolute atomic E-state index is 13.4. The highest BCUT2D eigenvalue weighted by Crippen LogP contribution is 2.31. The number of hydrogen-bond donors (Lipinski definition) is 2. The van der Waals surface area contributed by atoms with Gasteiger partial charge in [0.1, 0.15) is 12.1 Å². The second-order valence-corrected chi connectivity index (χ2v) is 5.95. The molecular formula is C17H13F2N5O2. The van der Waals surface area contributed by atoms with Gasteiger partial charge in [-0.1, -0.05) is 12.1 Å². The van der Waals surface area contributed by atoms with Gasteiger partial charge in [0.25, 0.3) is 11.8 Å². The number of benzene rings is 1. The van der Waals surface area contributed by atoms with Crippen molar-refractivity contribution < 1.29 is 18.4 Å². The van der Waals surface area contributed by atoms with Gasteiger partial charge in [0, 0.05) is 18.0 Å². The second-order valence-electron chi connectivity index (χ2n) is 5.95. The molecule has 3 rings (SSSR count). The number of aromatic amines is 1. The minimum atomic E-state index is -3.11. The van der Waals surface area contributed by atoms with Crippen LogP contribution < -0.4 is 5.32 Å². The first-order valence-corrected chi connectivity index (χ1v) is 7.71. The van der Waals surface area contributed by atoms with Crippen molar-refractivity contribution in [3.05, 3.63) is 35.5 Å². The molecular weight excluding hydrogens is 344 g/mol. The quantitative estimate of drug-likeness (QED) is 0.867. The number of carbonyl (C=O) groups is 2. The molecule has 0 radical (unpaired) electrons. The molecule has 0 spiro atoms. The molecule has 1 fully saturated rings. The summed E-state index contributed by atoms with van der Waals surface area (Å²) in [4.78, 5) is 28.1. The van der Waals surface area contributed by atoms with Crippen molar-refractivity contribution in [2.75, 3.05) is 13.1 Å². The summed E-state index contributed by atoms with van der Waals surface area (Å²) in [6.45, 7) is -1.34. The minimum Gasteiger partial charge on any atom is -0.359 e. The van der Waals surface area contributed by atoms with Crippen molar-refractivity contribution in [1.29, 1.82) is 10.5 Å². The van der Waals surface area contributed by atoms with E-state index in [2.05, 4.69) is 10.3 Å². The molecule has 1 aliphatic heterocycles. The van der Waals surface area contributed by atoms with Crippen LogP contribution in [0.15, 0.2) is 24.4 Å². The van der Waals surface area contributed by atoms with E-state index in [9.17, 15) is 18.4 Å². The highest BCUT2D eigenvalue weighted by molar-refractivity contribution is 6.08. The average Bonchev–Trinajstić information content (AvgIpc) is 3.19. The molecule has 2 heterocycles. The van der Waals surface area contributed by atoms with E-state index in [0.717, 1.165) is 4.90 Å². The molecule has 1 aromatic heterocycles. The average molecular weight is 357 g/mol. The lowest BCUT2D eigenvalue weighted by molar-refractivity contribution is -0.131. The van der Waals surface area contributed by atoms with E-state index >= 15 is 0 Å². The zero-order chi connectivity index (χ0) is 18.9. The fourth-order valence-electron chi connectivity index (χ4n) is 2.98. The number of nitriles is 2. The summed E-state index contributed by atoms with van der Waals surface area (Å²) >= 11 is 0. The monoisotopic (exact) mass is 357 g/mol. The number of alkyl halides is 2. The van der Waals surface area contributed by atoms with Crippen molar-refractivity contribution in [1.82, 2.24) is 15.2 Å². The molecule has 1 aliphatic rings. The van der Waals surface area contributed by atoms with Gasteiger partial charge < -0.3 is 15.2 Å². The van der Waals surface area contributed by atoms with E-state index in [1.165, 1.54) is 6.20 Å². The Hall–Kier alpha value is -3.46. The molecule has 0 unspecified atom stereocenters. The van der Waals surface area contributed by atoms with Crippen LogP contribution in [-0.2, 0) is 4.79 Å². The van der Waals surface area contributed by atoms with Gasteiger partial charge in [0.2, 0.25) is 5.91 Å². The molecule has 1 saturated heterocycles. The Morgan fingerprint density at radius 1 is 1.38 bits per heavy atom. The van der Waals surface area contributed by atoms with Gasteiger partial charge in [0.15, 0.2) is 0 Å². The number of rotatable bonds is 3. The Morgan fingerprint density at radius 3 is 2.85 bits per heavy atom. The van der Waals surface area contributed by atoms with E-state index in [1.807, 2.05) is 6.07 Å². The van der Waals surface area contributed by atoms with Crippen LogP contribution in [0.2, 0.25) is 0 Å². The number of carbonyl (C=O) groups excluding carboxylic acids is 2. The van der Waals surface area contributed by atoms with Crippen LogP contribution in [0.1, 0.15) is 22.3 Å². The number of amides is 2. The van der Waals surface area contributed by atoms with E-state index < -0.39 is 43.3 Å². The van der Waals surface area contributed by atoms with Gasteiger partial charge in [-0.05, 0) is 6.07 Å². The standard InChI is InChI=1S/C17H13F2N5O2/c18-17(19)4-11(6-21)24(9-17)14(25)8-23-16(26)13-7-22-15-10(5-20)2-1-3-12(13)15/h1-3,7,11,22H,4,8-9H2,(H,23,26)/t11-/m0/s1. The predicted molar refractivity (Wildman–Crippen MR) is 86.0 cm³/mol. The third kappa shape index (κ3) is 3.07. The summed E-state index contributed by atoms with van der Waals surface area (Å²) in [6, 6.07) is 7.35. The number of nitrogens with zero attached hydrogens (tertiary/aromatic N) is 3. The number of H-pyrrole nitrogens is 1. The largest absolute Gasteiger partial charge is 0.359 e. The first-order chi connectivity index (χ1) is 12.4. The maximum atomic E-state index is 13.4. The van der Waals surface area contributed by atoms with E-state index in [-0.39, 0.29) is 5.56 Å². The van der Waals surface area contributed by atoms with Crippen LogP contribution in [0.3, 0.4) is 0 Å². The van der Waals surface area contributed by atoms with E-state index in [4.69, 9.17) is 10.5 Å². The number of likely N-dealkylation sites (tertiary alicyclic amines) is 1. The fraction of sp³-hybridized carbons (Fsp3) is 0.294. The fourth-order valence-corrected chi connectivity index (χ4v) is 2.98. The van der Waals surface area contributed by atoms with Gasteiger partial charge in [-0.2, -0.15) is 10.5 Å². The number of fused-ring (bicyclic) bond motifs is 1. The summed E-state index contributed by atoms with van der Waals surface area (Å²) in [5.74, 6) is -4.44. The van der Waals surface area contributed by atoms with Gasteiger partial charge in [0.05, 0.1) is 35.8 Å². The van der Waals surface area contributed by atoms with E-state index in [0.29, 0.717) is 16.5 Å². The second kappa shape index (κ2) is 6.45. The normalized spacial score (nSPS) is 18.3. The molecule has 2 N–H and O–H groups in total. The van der Waals surface area contributed by atoms with Crippen LogP contribution >= 0.6 is 0 Å². The number of hydrogen-bond acceptors (Lipinski definition) is 4. The Bertz CT molecular complexity index is 970. The first kappa shape index (κ1) is 17.4. The number of aromatic nitrogens is 1. The molecule has 132 valence electrons. The van der Waals surface area contributed by atoms with Crippen LogP contribution in [0.5, 0.6) is 0 Å². The smallest absolute Gasteiger partial charge is 0.268 e. The van der Waals surface area contributed by atoms with Gasteiger partial charge in [-0.15, -0.1) is 0 Å².